The van der Waals surface area contributed by atoms with Crippen LogP contribution in [0.2, 0.25) is 0 Å². The molecular weight excluding hydrogens is 380 g/mol. The van der Waals surface area contributed by atoms with E-state index in [0.717, 1.165) is 22.3 Å². The van der Waals surface area contributed by atoms with Crippen LogP contribution in [0.25, 0.3) is 10.9 Å². The van der Waals surface area contributed by atoms with Gasteiger partial charge in [-0.3, -0.25) is 9.69 Å². The molecule has 3 aromatic rings. The van der Waals surface area contributed by atoms with Crippen molar-refractivity contribution < 1.29 is 5.11 Å². The normalized spacial score (nSPS) is 13.5. The third kappa shape index (κ3) is 4.60. The summed E-state index contributed by atoms with van der Waals surface area (Å²) in [7, 11) is 0. The number of aryl methyl sites for hydroxylation is 1. The molecule has 3 rings (SSSR count). The molecule has 0 aliphatic carbocycles. The van der Waals surface area contributed by atoms with Crippen LogP contribution in [0.5, 0.6) is 0 Å². The molecule has 162 valence electrons. The first-order valence-electron chi connectivity index (χ1n) is 10.4. The zero-order valence-corrected chi connectivity index (χ0v) is 18.7. The SMILES string of the molecule is Cc1ccc2cc(CN(CCO)[C@@H](c3nnnn3C(C)(C)C)C(C)C)c(=O)[nH]c2c1. The van der Waals surface area contributed by atoms with E-state index in [1.54, 1.807) is 0 Å². The fourth-order valence-corrected chi connectivity index (χ4v) is 3.88. The van der Waals surface area contributed by atoms with Crippen molar-refractivity contribution in [2.45, 2.75) is 59.7 Å². The van der Waals surface area contributed by atoms with Crippen LogP contribution in [0.15, 0.2) is 29.1 Å². The van der Waals surface area contributed by atoms with E-state index in [4.69, 9.17) is 0 Å². The van der Waals surface area contributed by atoms with Crippen molar-refractivity contribution in [3.8, 4) is 0 Å². The number of benzene rings is 1. The van der Waals surface area contributed by atoms with Gasteiger partial charge in [-0.05, 0) is 67.1 Å². The number of aromatic amines is 1. The van der Waals surface area contributed by atoms with Gasteiger partial charge in [0.25, 0.3) is 5.56 Å². The minimum absolute atomic E-state index is 0.0228. The number of rotatable bonds is 7. The molecule has 0 saturated heterocycles. The van der Waals surface area contributed by atoms with Gasteiger partial charge < -0.3 is 10.1 Å². The maximum absolute atomic E-state index is 12.8. The van der Waals surface area contributed by atoms with E-state index in [0.29, 0.717) is 18.7 Å². The van der Waals surface area contributed by atoms with E-state index in [1.807, 2.05) is 35.9 Å². The molecule has 2 N–H and O–H groups in total. The number of nitrogens with one attached hydrogen (secondary N) is 1. The van der Waals surface area contributed by atoms with Gasteiger partial charge in [0.1, 0.15) is 0 Å². The van der Waals surface area contributed by atoms with Gasteiger partial charge in [0.05, 0.1) is 18.2 Å². The van der Waals surface area contributed by atoms with Crippen molar-refractivity contribution in [2.75, 3.05) is 13.2 Å². The molecule has 0 spiro atoms. The minimum Gasteiger partial charge on any atom is -0.395 e. The molecule has 0 radical (unpaired) electrons. The number of aromatic nitrogens is 5. The van der Waals surface area contributed by atoms with Crippen molar-refractivity contribution in [1.82, 2.24) is 30.1 Å². The molecule has 30 heavy (non-hydrogen) atoms. The van der Waals surface area contributed by atoms with Crippen molar-refractivity contribution >= 4 is 10.9 Å². The lowest BCUT2D eigenvalue weighted by atomic mass is 9.99. The number of H-pyrrole nitrogens is 1. The van der Waals surface area contributed by atoms with Crippen molar-refractivity contribution in [3.05, 3.63) is 51.6 Å². The van der Waals surface area contributed by atoms with Crippen LogP contribution in [0.3, 0.4) is 0 Å². The number of hydrogen-bond acceptors (Lipinski definition) is 6. The van der Waals surface area contributed by atoms with E-state index in [-0.39, 0.29) is 29.7 Å². The Kier molecular flexibility index (Phi) is 6.38. The summed E-state index contributed by atoms with van der Waals surface area (Å²) in [5, 5.41) is 23.2. The van der Waals surface area contributed by atoms with Gasteiger partial charge in [0.2, 0.25) is 0 Å². The van der Waals surface area contributed by atoms with E-state index < -0.39 is 0 Å². The lowest BCUT2D eigenvalue weighted by Crippen LogP contribution is -2.39. The molecule has 0 saturated carbocycles. The molecule has 8 nitrogen and oxygen atoms in total. The number of nitrogens with zero attached hydrogens (tertiary/aromatic N) is 5. The largest absolute Gasteiger partial charge is 0.395 e. The third-order valence-corrected chi connectivity index (χ3v) is 5.26. The second-order valence-electron chi connectivity index (χ2n) is 9.22. The highest BCUT2D eigenvalue weighted by atomic mass is 16.3. The molecule has 0 unspecified atom stereocenters. The number of tetrazole rings is 1. The van der Waals surface area contributed by atoms with Crippen LogP contribution in [-0.4, -0.2) is 48.3 Å². The quantitative estimate of drug-likeness (QED) is 0.619. The first-order valence-corrected chi connectivity index (χ1v) is 10.4. The van der Waals surface area contributed by atoms with Crippen LogP contribution in [0.4, 0.5) is 0 Å². The fourth-order valence-electron chi connectivity index (χ4n) is 3.88. The smallest absolute Gasteiger partial charge is 0.252 e. The molecule has 0 bridgehead atoms. The van der Waals surface area contributed by atoms with Crippen LogP contribution in [-0.2, 0) is 12.1 Å². The zero-order chi connectivity index (χ0) is 22.1. The zero-order valence-electron chi connectivity index (χ0n) is 18.7. The van der Waals surface area contributed by atoms with Crippen molar-refractivity contribution in [2.24, 2.45) is 5.92 Å². The van der Waals surface area contributed by atoms with E-state index in [2.05, 4.69) is 60.0 Å². The van der Waals surface area contributed by atoms with Gasteiger partial charge in [-0.15, -0.1) is 5.10 Å². The average Bonchev–Trinajstić information content (AvgIpc) is 3.12. The van der Waals surface area contributed by atoms with Crippen LogP contribution in [0, 0.1) is 12.8 Å². The monoisotopic (exact) mass is 412 g/mol. The summed E-state index contributed by atoms with van der Waals surface area (Å²) in [5.41, 5.74) is 2.18. The molecule has 0 fully saturated rings. The Labute approximate surface area is 176 Å². The molecular formula is C22H32N6O2. The van der Waals surface area contributed by atoms with Crippen molar-refractivity contribution in [1.29, 1.82) is 0 Å². The summed E-state index contributed by atoms with van der Waals surface area (Å²) in [4.78, 5) is 17.9. The summed E-state index contributed by atoms with van der Waals surface area (Å²) < 4.78 is 1.83. The van der Waals surface area contributed by atoms with E-state index >= 15 is 0 Å². The number of fused-ring (bicyclic) bond motifs is 1. The fraction of sp³-hybridized carbons (Fsp3) is 0.545. The van der Waals surface area contributed by atoms with E-state index in [9.17, 15) is 9.90 Å². The second kappa shape index (κ2) is 8.65. The number of pyridine rings is 1. The summed E-state index contributed by atoms with van der Waals surface area (Å²) in [6, 6.07) is 7.80. The van der Waals surface area contributed by atoms with Crippen LogP contribution < -0.4 is 5.56 Å². The van der Waals surface area contributed by atoms with Crippen molar-refractivity contribution in [3.63, 3.8) is 0 Å². The van der Waals surface area contributed by atoms with Gasteiger partial charge in [0, 0.05) is 24.2 Å². The lowest BCUT2D eigenvalue weighted by Gasteiger charge is -2.34. The number of hydrogen-bond donors (Lipinski definition) is 2. The third-order valence-electron chi connectivity index (χ3n) is 5.26. The maximum Gasteiger partial charge on any atom is 0.252 e. The second-order valence-corrected chi connectivity index (χ2v) is 9.22. The molecule has 0 amide bonds. The Morgan fingerprint density at radius 1 is 1.23 bits per heavy atom. The van der Waals surface area contributed by atoms with E-state index in [1.165, 1.54) is 0 Å². The van der Waals surface area contributed by atoms with Crippen LogP contribution in [0.1, 0.15) is 57.6 Å². The predicted molar refractivity (Wildman–Crippen MR) is 117 cm³/mol. The Hall–Kier alpha value is -2.58. The topological polar surface area (TPSA) is 99.9 Å². The number of aliphatic hydroxyl groups excluding tert-OH is 1. The van der Waals surface area contributed by atoms with Gasteiger partial charge in [-0.1, -0.05) is 26.0 Å². The predicted octanol–water partition coefficient (Wildman–Crippen LogP) is 2.77. The summed E-state index contributed by atoms with van der Waals surface area (Å²) in [6.07, 6.45) is 0. The van der Waals surface area contributed by atoms with Gasteiger partial charge >= 0.3 is 0 Å². The first kappa shape index (κ1) is 22.1. The standard InChI is InChI=1S/C22H32N6O2/c1-14(2)19(20-24-25-26-28(20)22(4,5)6)27(9-10-29)13-17-12-16-8-7-15(3)11-18(16)23-21(17)30/h7-8,11-12,14,19,29H,9-10,13H2,1-6H3,(H,23,30)/t19-/m1/s1. The Bertz CT molecular complexity index is 1060. The Balaban J connectivity index is 2.03. The Morgan fingerprint density at radius 2 is 1.97 bits per heavy atom. The number of aliphatic hydroxyl groups is 1. The molecule has 2 aromatic heterocycles. The molecule has 0 aliphatic heterocycles. The van der Waals surface area contributed by atoms with Gasteiger partial charge in [-0.2, -0.15) is 0 Å². The average molecular weight is 413 g/mol. The molecule has 8 heteroatoms. The Morgan fingerprint density at radius 3 is 2.60 bits per heavy atom. The highest BCUT2D eigenvalue weighted by Gasteiger charge is 2.32. The molecule has 1 aromatic carbocycles. The molecule has 1 atom stereocenters. The van der Waals surface area contributed by atoms with Crippen LogP contribution >= 0.6 is 0 Å². The minimum atomic E-state index is -0.283. The highest BCUT2D eigenvalue weighted by molar-refractivity contribution is 5.79. The first-order chi connectivity index (χ1) is 14.1. The van der Waals surface area contributed by atoms with Gasteiger partial charge in [0.15, 0.2) is 5.82 Å². The summed E-state index contributed by atoms with van der Waals surface area (Å²) in [5.74, 6) is 0.907. The maximum atomic E-state index is 12.8. The summed E-state index contributed by atoms with van der Waals surface area (Å²) in [6.45, 7) is 13.1. The molecule has 0 aliphatic rings. The lowest BCUT2D eigenvalue weighted by molar-refractivity contribution is 0.101. The van der Waals surface area contributed by atoms with Gasteiger partial charge in [-0.25, -0.2) is 4.68 Å². The summed E-state index contributed by atoms with van der Waals surface area (Å²) >= 11 is 0. The highest BCUT2D eigenvalue weighted by Crippen LogP contribution is 2.30. The molecule has 2 heterocycles.